The Morgan fingerprint density at radius 1 is 0.577 bits per heavy atom. The van der Waals surface area contributed by atoms with E-state index in [2.05, 4.69) is 53.0 Å². The van der Waals surface area contributed by atoms with E-state index in [4.69, 9.17) is 53.9 Å². The molecule has 618 valence electrons. The molecule has 0 aromatic heterocycles. The fraction of sp³-hybridized carbons (Fsp3) is 0.625. The fourth-order valence-electron chi connectivity index (χ4n) is 10.6. The molecule has 4 rings (SSSR count). The lowest BCUT2D eigenvalue weighted by molar-refractivity contribution is -0.142. The SMILES string of the molecule is COCCOCCCC(=O)[C@@H]1CSCC(=O)N[C@@H](CCCCNC(=O)COCC(=O)NCCOCCOCCOCCOCCOCCNC(=O)CO/N=C/c2ccc(F)cc2)C(=O)N[C@H]2CSSC[C@H](NC(=O)[C@H](CC(=O)O)CC(=O)CNC(=O)[C@H](CCCNC(=N)N)CC2=O)C(=O)C[C@@H](Cc2ccccc2)C(=O)N1. The van der Waals surface area contributed by atoms with Crippen molar-refractivity contribution in [2.24, 2.45) is 28.6 Å². The molecule has 7 atom stereocenters. The van der Waals surface area contributed by atoms with Crippen LogP contribution in [0.3, 0.4) is 0 Å². The molecule has 2 saturated heterocycles. The molecule has 0 spiro atoms. The number of thioether (sulfide) groups is 1. The topological polar surface area (TPSA) is 496 Å². The number of nitrogens with two attached hydrogens (primary N) is 1. The third-order valence-corrected chi connectivity index (χ3v) is 19.8. The molecule has 2 aromatic carbocycles. The van der Waals surface area contributed by atoms with Crippen LogP contribution in [0.2, 0.25) is 0 Å². The molecule has 0 aliphatic carbocycles. The summed E-state index contributed by atoms with van der Waals surface area (Å²) < 4.78 is 56.3. The Morgan fingerprint density at radius 2 is 1.13 bits per heavy atom. The maximum absolute atomic E-state index is 14.8. The van der Waals surface area contributed by atoms with E-state index in [9.17, 15) is 71.8 Å². The molecule has 0 radical (unpaired) electrons. The van der Waals surface area contributed by atoms with E-state index in [1.807, 2.05) is 0 Å². The molecule has 2 fully saturated rings. The summed E-state index contributed by atoms with van der Waals surface area (Å²) in [5.74, 6) is -14.8. The molecule has 35 nitrogen and oxygen atoms in total. The minimum absolute atomic E-state index is 0.0128. The van der Waals surface area contributed by atoms with Gasteiger partial charge in [0.15, 0.2) is 35.7 Å². The van der Waals surface area contributed by atoms with Gasteiger partial charge < -0.3 is 101 Å². The molecule has 0 saturated carbocycles. The summed E-state index contributed by atoms with van der Waals surface area (Å²) in [6, 6.07) is 8.98. The van der Waals surface area contributed by atoms with Crippen LogP contribution in [0.5, 0.6) is 0 Å². The van der Waals surface area contributed by atoms with Gasteiger partial charge in [-0.25, -0.2) is 4.39 Å². The summed E-state index contributed by atoms with van der Waals surface area (Å²) in [5, 5.41) is 45.2. The van der Waals surface area contributed by atoms with Gasteiger partial charge in [0.05, 0.1) is 128 Å². The number of methoxy groups -OCH3 is 1. The Balaban J connectivity index is 1.32. The van der Waals surface area contributed by atoms with Gasteiger partial charge in [-0.1, -0.05) is 69.2 Å². The number of carbonyl (C=O) groups excluding carboxylic acids is 12. The number of hydrogen-bond donors (Lipinski definition) is 12. The molecule has 0 unspecified atom stereocenters. The number of nitrogens with one attached hydrogen (secondary N) is 10. The van der Waals surface area contributed by atoms with Crippen LogP contribution in [-0.4, -0.2) is 286 Å². The smallest absolute Gasteiger partial charge is 0.304 e. The van der Waals surface area contributed by atoms with Gasteiger partial charge in [-0.3, -0.25) is 67.7 Å². The first kappa shape index (κ1) is 95.1. The quantitative estimate of drug-likeness (QED) is 0.0133. The van der Waals surface area contributed by atoms with Gasteiger partial charge in [0.1, 0.15) is 25.1 Å². The highest BCUT2D eigenvalue weighted by atomic mass is 33.1. The van der Waals surface area contributed by atoms with Crippen molar-refractivity contribution < 1.29 is 115 Å². The highest BCUT2D eigenvalue weighted by Gasteiger charge is 2.36. The number of fused-ring (bicyclic) bond motifs is 5. The number of guanidine groups is 1. The number of halogens is 1. The lowest BCUT2D eigenvalue weighted by Gasteiger charge is -2.26. The van der Waals surface area contributed by atoms with Crippen molar-refractivity contribution in [1.29, 1.82) is 5.41 Å². The summed E-state index contributed by atoms with van der Waals surface area (Å²) in [6.45, 7) is 2.42. The molecule has 8 amide bonds. The Morgan fingerprint density at radius 3 is 1.73 bits per heavy atom. The third kappa shape index (κ3) is 45.1. The summed E-state index contributed by atoms with van der Waals surface area (Å²) in [5.41, 5.74) is 6.75. The zero-order valence-corrected chi connectivity index (χ0v) is 65.0. The molecular formula is C72H107FN12O23S3. The highest BCUT2D eigenvalue weighted by molar-refractivity contribution is 8.76. The summed E-state index contributed by atoms with van der Waals surface area (Å²) in [6.07, 6.45) is -0.347. The maximum Gasteiger partial charge on any atom is 0.304 e. The Bertz CT molecular complexity index is 3250. The van der Waals surface area contributed by atoms with Crippen LogP contribution < -0.4 is 53.6 Å². The third-order valence-electron chi connectivity index (χ3n) is 16.4. The van der Waals surface area contributed by atoms with Crippen LogP contribution >= 0.6 is 33.3 Å². The Labute approximate surface area is 656 Å². The molecule has 2 bridgehead atoms. The number of carboxylic acids is 1. The van der Waals surface area contributed by atoms with Crippen molar-refractivity contribution in [3.8, 4) is 0 Å². The zero-order valence-electron chi connectivity index (χ0n) is 62.5. The van der Waals surface area contributed by atoms with Gasteiger partial charge >= 0.3 is 5.97 Å². The minimum Gasteiger partial charge on any atom is -0.481 e. The minimum atomic E-state index is -1.53. The number of rotatable bonds is 47. The first-order chi connectivity index (χ1) is 53.6. The van der Waals surface area contributed by atoms with Gasteiger partial charge in [0, 0.05) is 94.7 Å². The number of hydrogen-bond acceptors (Lipinski definition) is 27. The molecule has 2 aromatic rings. The average Bonchev–Trinajstić information content (AvgIpc) is 0.888. The second-order valence-corrected chi connectivity index (χ2v) is 29.0. The monoisotopic (exact) mass is 1620 g/mol. The molecule has 2 aliphatic heterocycles. The van der Waals surface area contributed by atoms with E-state index >= 15 is 0 Å². The van der Waals surface area contributed by atoms with Gasteiger partial charge in [-0.2, -0.15) is 0 Å². The number of amides is 8. The summed E-state index contributed by atoms with van der Waals surface area (Å²) in [4.78, 5) is 183. The second kappa shape index (κ2) is 58.6. The van der Waals surface area contributed by atoms with Crippen molar-refractivity contribution in [2.75, 3.05) is 169 Å². The number of carboxylic acid groups (broad SMARTS) is 1. The molecule has 13 N–H and O–H groups in total. The molecule has 2 aliphatic rings. The van der Waals surface area contributed by atoms with Crippen molar-refractivity contribution in [1.82, 2.24) is 47.9 Å². The number of aliphatic carboxylic acids is 1. The van der Waals surface area contributed by atoms with E-state index < -0.39 is 158 Å². The normalized spacial score (nSPS) is 19.6. The van der Waals surface area contributed by atoms with Crippen LogP contribution in [0.25, 0.3) is 0 Å². The van der Waals surface area contributed by atoms with E-state index in [-0.39, 0.29) is 164 Å². The van der Waals surface area contributed by atoms with Crippen LogP contribution in [0.1, 0.15) is 81.8 Å². The Hall–Kier alpha value is -8.25. The van der Waals surface area contributed by atoms with Crippen LogP contribution in [0.15, 0.2) is 59.8 Å². The van der Waals surface area contributed by atoms with Gasteiger partial charge in [-0.05, 0) is 68.2 Å². The van der Waals surface area contributed by atoms with Crippen LogP contribution in [0.4, 0.5) is 4.39 Å². The van der Waals surface area contributed by atoms with Crippen molar-refractivity contribution in [2.45, 2.75) is 101 Å². The van der Waals surface area contributed by atoms with E-state index in [1.54, 1.807) is 30.3 Å². The van der Waals surface area contributed by atoms with Gasteiger partial charge in [-0.15, -0.1) is 11.8 Å². The predicted molar refractivity (Wildman–Crippen MR) is 409 cm³/mol. The van der Waals surface area contributed by atoms with Crippen molar-refractivity contribution in [3.05, 3.63) is 71.5 Å². The van der Waals surface area contributed by atoms with Gasteiger partial charge in [0.2, 0.25) is 41.4 Å². The number of carbonyl (C=O) groups is 13. The molecular weight excluding hydrogens is 1520 g/mol. The second-order valence-electron chi connectivity index (χ2n) is 25.4. The summed E-state index contributed by atoms with van der Waals surface area (Å²) in [7, 11) is 3.51. The zero-order chi connectivity index (χ0) is 80.6. The van der Waals surface area contributed by atoms with Crippen LogP contribution in [0, 0.1) is 29.0 Å². The lowest BCUT2D eigenvalue weighted by atomic mass is 9.90. The van der Waals surface area contributed by atoms with Crippen LogP contribution in [-0.2, 0) is 111 Å². The Kier molecular flexibility index (Phi) is 50.2. The molecule has 39 heteroatoms. The number of ether oxygens (including phenoxy) is 8. The largest absolute Gasteiger partial charge is 0.481 e. The first-order valence-corrected chi connectivity index (χ1v) is 40.2. The maximum atomic E-state index is 14.8. The van der Waals surface area contributed by atoms with E-state index in [1.165, 1.54) is 37.6 Å². The lowest BCUT2D eigenvalue weighted by Crippen LogP contribution is -2.53. The number of ketones is 4. The van der Waals surface area contributed by atoms with Crippen molar-refractivity contribution in [3.63, 3.8) is 0 Å². The molecule has 2 heterocycles. The highest BCUT2D eigenvalue weighted by Crippen LogP contribution is 2.27. The fourth-order valence-corrected chi connectivity index (χ4v) is 13.9. The van der Waals surface area contributed by atoms with Gasteiger partial charge in [0.25, 0.3) is 5.91 Å². The number of nitrogens with zero attached hydrogens (tertiary/aromatic N) is 1. The average molecular weight is 1620 g/mol. The molecule has 111 heavy (non-hydrogen) atoms. The predicted octanol–water partition coefficient (Wildman–Crippen LogP) is -0.289. The summed E-state index contributed by atoms with van der Waals surface area (Å²) >= 11 is 0.972. The number of benzene rings is 2. The van der Waals surface area contributed by atoms with E-state index in [0.717, 1.165) is 33.3 Å². The van der Waals surface area contributed by atoms with E-state index in [0.29, 0.717) is 57.4 Å². The number of Topliss-reactive ketones (excluding diaryl/α,β-unsaturated/α-hetero) is 4. The first-order valence-electron chi connectivity index (χ1n) is 36.6. The number of oxime groups is 1. The van der Waals surface area contributed by atoms with Crippen molar-refractivity contribution >= 4 is 122 Å². The standard InChI is InChI=1S/C72H107FN12O23S3/c1-100-25-26-101-22-8-13-60(87)57-45-109-48-66(93)82-56(12-5-6-18-76-63(90)42-107-43-64(91)77-20-23-102-27-29-104-31-33-106-34-32-105-30-28-103-24-21-78-65(92)44-108-81-40-50-14-16-54(73)17-15-50)71(99)85-59-47-111-110-46-58(62(89)38-52(69(97)83-57)35-49-9-3-2-4-10-49)84-70(98)53(39-67(94)95)36-55(86)41-80-68(96)51(37-61(59)88)11-7-19-79-72(74)75/h2-4,9-10,14-17,40,51-53,56-59H,5-8,11-13,18-39,41-48H2,1H3,(H,76,90)(H,77,91)(H,78,92)(H,80,96)(H,82,93)(H,83,97)(H,84,98)(H,85,99)(H,94,95)(H4,74,75,79)/b81-40+/t51-,52-,53+,56+,57+,58+,59+/m1/s1. The number of unbranched alkanes of at least 4 members (excludes halogenated alkanes) is 1.